The van der Waals surface area contributed by atoms with Crippen LogP contribution in [-0.2, 0) is 35.3 Å². The number of carbonyl (C=O) groups excluding carboxylic acids is 2. The van der Waals surface area contributed by atoms with Gasteiger partial charge < -0.3 is 15.3 Å². The molecule has 0 aliphatic rings. The average molecular weight is 569 g/mol. The van der Waals surface area contributed by atoms with E-state index < -0.39 is 23.6 Å². The van der Waals surface area contributed by atoms with Crippen LogP contribution in [0.5, 0.6) is 0 Å². The van der Waals surface area contributed by atoms with Crippen molar-refractivity contribution in [2.75, 3.05) is 5.32 Å². The molecule has 0 bridgehead atoms. The van der Waals surface area contributed by atoms with E-state index >= 15 is 0 Å². The van der Waals surface area contributed by atoms with E-state index in [1.807, 2.05) is 12.1 Å². The second-order valence-corrected chi connectivity index (χ2v) is 10.0. The number of aliphatic carboxylic acids is 1. The molecule has 2 amide bonds. The molecule has 3 aromatic rings. The SMILES string of the molecule is CCCCCCCCc1ccc(C(=O)Nc2ccc(CN(Cc3ccc(C(F)(F)F)cc3)C(=O)C(=O)O)cc2)cc1. The molecule has 0 saturated heterocycles. The number of nitrogens with one attached hydrogen (secondary N) is 1. The lowest BCUT2D eigenvalue weighted by Crippen LogP contribution is -2.35. The van der Waals surface area contributed by atoms with Gasteiger partial charge in [-0.2, -0.15) is 13.2 Å². The maximum atomic E-state index is 12.8. The van der Waals surface area contributed by atoms with Crippen molar-refractivity contribution in [3.8, 4) is 0 Å². The van der Waals surface area contributed by atoms with Gasteiger partial charge in [-0.05, 0) is 65.9 Å². The summed E-state index contributed by atoms with van der Waals surface area (Å²) in [5.41, 5.74) is 2.35. The third-order valence-electron chi connectivity index (χ3n) is 6.75. The Morgan fingerprint density at radius 2 is 1.24 bits per heavy atom. The van der Waals surface area contributed by atoms with Crippen molar-refractivity contribution in [1.82, 2.24) is 4.90 Å². The molecule has 3 rings (SSSR count). The van der Waals surface area contributed by atoms with Gasteiger partial charge in [0.1, 0.15) is 0 Å². The van der Waals surface area contributed by atoms with Gasteiger partial charge in [0.25, 0.3) is 5.91 Å². The first-order valence-electron chi connectivity index (χ1n) is 13.7. The van der Waals surface area contributed by atoms with Gasteiger partial charge in [-0.3, -0.25) is 9.59 Å². The zero-order valence-corrected chi connectivity index (χ0v) is 23.0. The van der Waals surface area contributed by atoms with Crippen LogP contribution < -0.4 is 5.32 Å². The summed E-state index contributed by atoms with van der Waals surface area (Å²) in [6.45, 7) is 1.93. The molecule has 0 aliphatic carbocycles. The number of rotatable bonds is 13. The van der Waals surface area contributed by atoms with Gasteiger partial charge in [0.15, 0.2) is 0 Å². The molecular weight excluding hydrogens is 533 g/mol. The third-order valence-corrected chi connectivity index (χ3v) is 6.75. The van der Waals surface area contributed by atoms with Crippen LogP contribution in [0.2, 0.25) is 0 Å². The number of carboxylic acid groups (broad SMARTS) is 1. The molecule has 0 aromatic heterocycles. The molecule has 0 aliphatic heterocycles. The van der Waals surface area contributed by atoms with Gasteiger partial charge in [0.2, 0.25) is 0 Å². The van der Waals surface area contributed by atoms with Crippen LogP contribution in [0.25, 0.3) is 0 Å². The van der Waals surface area contributed by atoms with Crippen molar-refractivity contribution in [2.45, 2.75) is 71.1 Å². The molecular formula is C32H35F3N2O4. The van der Waals surface area contributed by atoms with Crippen LogP contribution in [0.15, 0.2) is 72.8 Å². The number of carboxylic acids is 1. The molecule has 2 N–H and O–H groups in total. The fraction of sp³-hybridized carbons (Fsp3) is 0.344. The Balaban J connectivity index is 1.56. The Morgan fingerprint density at radius 1 is 0.732 bits per heavy atom. The fourth-order valence-corrected chi connectivity index (χ4v) is 4.40. The Kier molecular flexibility index (Phi) is 11.5. The second-order valence-electron chi connectivity index (χ2n) is 10.0. The number of amides is 2. The van der Waals surface area contributed by atoms with E-state index in [4.69, 9.17) is 0 Å². The largest absolute Gasteiger partial charge is 0.474 e. The molecule has 0 heterocycles. The number of unbranched alkanes of at least 4 members (excludes halogenated alkanes) is 5. The quantitative estimate of drug-likeness (QED) is 0.165. The molecule has 218 valence electrons. The van der Waals surface area contributed by atoms with Crippen LogP contribution in [-0.4, -0.2) is 27.8 Å². The lowest BCUT2D eigenvalue weighted by atomic mass is 10.0. The molecule has 0 radical (unpaired) electrons. The normalized spacial score (nSPS) is 11.2. The van der Waals surface area contributed by atoms with Crippen molar-refractivity contribution in [1.29, 1.82) is 0 Å². The molecule has 0 saturated carbocycles. The van der Waals surface area contributed by atoms with Gasteiger partial charge in [0, 0.05) is 24.3 Å². The zero-order chi connectivity index (χ0) is 29.8. The standard InChI is InChI=1S/C32H35F3N2O4/c1-2-3-4-5-6-7-8-23-9-15-26(16-10-23)29(38)36-28-19-13-25(14-20-28)22-37(30(39)31(40)41)21-24-11-17-27(18-12-24)32(33,34)35/h9-20H,2-8,21-22H2,1H3,(H,36,38)(H,40,41). The van der Waals surface area contributed by atoms with Crippen LogP contribution in [0.1, 0.15) is 78.1 Å². The summed E-state index contributed by atoms with van der Waals surface area (Å²) in [4.78, 5) is 37.4. The van der Waals surface area contributed by atoms with E-state index in [1.165, 1.54) is 49.8 Å². The number of carbonyl (C=O) groups is 3. The van der Waals surface area contributed by atoms with Crippen LogP contribution in [0, 0.1) is 0 Å². The zero-order valence-electron chi connectivity index (χ0n) is 23.0. The van der Waals surface area contributed by atoms with Crippen molar-refractivity contribution >= 4 is 23.5 Å². The van der Waals surface area contributed by atoms with Crippen molar-refractivity contribution in [3.63, 3.8) is 0 Å². The summed E-state index contributed by atoms with van der Waals surface area (Å²) >= 11 is 0. The average Bonchev–Trinajstić information content (AvgIpc) is 2.95. The molecule has 0 unspecified atom stereocenters. The highest BCUT2D eigenvalue weighted by Gasteiger charge is 2.30. The number of hydrogen-bond donors (Lipinski definition) is 2. The third kappa shape index (κ3) is 10.1. The number of aryl methyl sites for hydroxylation is 1. The maximum absolute atomic E-state index is 12.8. The highest BCUT2D eigenvalue weighted by atomic mass is 19.4. The smallest absolute Gasteiger partial charge is 0.416 e. The highest BCUT2D eigenvalue weighted by molar-refractivity contribution is 6.31. The van der Waals surface area contributed by atoms with E-state index in [0.29, 0.717) is 22.4 Å². The summed E-state index contributed by atoms with van der Waals surface area (Å²) in [5.74, 6) is -3.12. The minimum absolute atomic E-state index is 0.0829. The lowest BCUT2D eigenvalue weighted by molar-refractivity contribution is -0.156. The summed E-state index contributed by atoms with van der Waals surface area (Å²) in [5, 5.41) is 12.0. The molecule has 0 atom stereocenters. The number of halogens is 3. The highest BCUT2D eigenvalue weighted by Crippen LogP contribution is 2.29. The number of hydrogen-bond acceptors (Lipinski definition) is 3. The van der Waals surface area contributed by atoms with Gasteiger partial charge in [-0.25, -0.2) is 4.79 Å². The molecule has 6 nitrogen and oxygen atoms in total. The van der Waals surface area contributed by atoms with Crippen molar-refractivity contribution in [2.24, 2.45) is 0 Å². The van der Waals surface area contributed by atoms with Crippen LogP contribution >= 0.6 is 0 Å². The van der Waals surface area contributed by atoms with Gasteiger partial charge in [-0.15, -0.1) is 0 Å². The van der Waals surface area contributed by atoms with Gasteiger partial charge in [-0.1, -0.05) is 75.4 Å². The molecule has 0 spiro atoms. The summed E-state index contributed by atoms with van der Waals surface area (Å²) in [7, 11) is 0. The van der Waals surface area contributed by atoms with Gasteiger partial charge in [0.05, 0.1) is 5.56 Å². The van der Waals surface area contributed by atoms with Crippen LogP contribution in [0.3, 0.4) is 0 Å². The number of nitrogens with zero attached hydrogens (tertiary/aromatic N) is 1. The number of alkyl halides is 3. The molecule has 0 fully saturated rings. The van der Waals surface area contributed by atoms with Gasteiger partial charge >= 0.3 is 18.1 Å². The van der Waals surface area contributed by atoms with Crippen LogP contribution in [0.4, 0.5) is 18.9 Å². The lowest BCUT2D eigenvalue weighted by Gasteiger charge is -2.21. The second kappa shape index (κ2) is 15.0. The first-order valence-corrected chi connectivity index (χ1v) is 13.7. The summed E-state index contributed by atoms with van der Waals surface area (Å²) in [6.07, 6.45) is 3.85. The van der Waals surface area contributed by atoms with E-state index in [9.17, 15) is 32.7 Å². The van der Waals surface area contributed by atoms with E-state index in [2.05, 4.69) is 12.2 Å². The predicted molar refractivity (Wildman–Crippen MR) is 151 cm³/mol. The maximum Gasteiger partial charge on any atom is 0.416 e. The first-order chi connectivity index (χ1) is 19.6. The first kappa shape index (κ1) is 31.4. The Labute approximate surface area is 238 Å². The van der Waals surface area contributed by atoms with Crippen molar-refractivity contribution < 1.29 is 32.7 Å². The van der Waals surface area contributed by atoms with E-state index in [0.717, 1.165) is 29.9 Å². The minimum Gasteiger partial charge on any atom is -0.474 e. The predicted octanol–water partition coefficient (Wildman–Crippen LogP) is 7.47. The van der Waals surface area contributed by atoms with E-state index in [-0.39, 0.29) is 19.0 Å². The Bertz CT molecular complexity index is 1290. The van der Waals surface area contributed by atoms with E-state index in [1.54, 1.807) is 36.4 Å². The molecule has 3 aromatic carbocycles. The number of anilines is 1. The topological polar surface area (TPSA) is 86.7 Å². The molecule has 41 heavy (non-hydrogen) atoms. The van der Waals surface area contributed by atoms with Crippen molar-refractivity contribution in [3.05, 3.63) is 101 Å². The molecule has 9 heteroatoms. The Morgan fingerprint density at radius 3 is 1.78 bits per heavy atom. The Hall–Kier alpha value is -4.14. The fourth-order valence-electron chi connectivity index (χ4n) is 4.40. The number of benzene rings is 3. The summed E-state index contributed by atoms with van der Waals surface area (Å²) in [6, 6.07) is 18.3. The monoisotopic (exact) mass is 568 g/mol. The summed E-state index contributed by atoms with van der Waals surface area (Å²) < 4.78 is 38.5. The minimum atomic E-state index is -4.50.